The van der Waals surface area contributed by atoms with Gasteiger partial charge in [0.1, 0.15) is 5.82 Å². The number of amides is 4. The minimum atomic E-state index is -2.15. The fourth-order valence-electron chi connectivity index (χ4n) is 8.43. The van der Waals surface area contributed by atoms with E-state index in [9.17, 15) is 33.5 Å². The van der Waals surface area contributed by atoms with Crippen molar-refractivity contribution in [3.05, 3.63) is 131 Å². The Labute approximate surface area is 307 Å². The summed E-state index contributed by atoms with van der Waals surface area (Å²) in [5.74, 6) is -7.27. The molecule has 1 saturated carbocycles. The average molecular weight is 740 g/mol. The van der Waals surface area contributed by atoms with Gasteiger partial charge in [-0.25, -0.2) is 9.29 Å². The van der Waals surface area contributed by atoms with Gasteiger partial charge in [0.05, 0.1) is 30.3 Å². The van der Waals surface area contributed by atoms with Crippen LogP contribution in [0.5, 0.6) is 11.5 Å². The molecule has 4 aromatic carbocycles. The SMILES string of the molecule is COc1ccc([C@H]2C3=CC[C@@H]4C(=O)N(c5ccc(C(=O)c6ccccc6)cc5)C(=O)[C@@H]4[C@@H]3C[C@@]3(Cl)C(=O)N(c4ccc(F)cc4)C(=O)[C@@]23Cl)cc1O. The maximum atomic E-state index is 14.5. The number of halogens is 3. The summed E-state index contributed by atoms with van der Waals surface area (Å²) >= 11 is 14.8. The Balaban J connectivity index is 1.21. The van der Waals surface area contributed by atoms with Gasteiger partial charge in [0.2, 0.25) is 11.8 Å². The first-order valence-corrected chi connectivity index (χ1v) is 17.3. The molecule has 2 aliphatic carbocycles. The average Bonchev–Trinajstić information content (AvgIpc) is 3.49. The van der Waals surface area contributed by atoms with Gasteiger partial charge in [-0.15, -0.1) is 23.2 Å². The molecule has 0 aromatic heterocycles. The minimum absolute atomic E-state index is 0.0597. The highest BCUT2D eigenvalue weighted by Crippen LogP contribution is 2.66. The van der Waals surface area contributed by atoms with Crippen LogP contribution in [0.15, 0.2) is 109 Å². The van der Waals surface area contributed by atoms with Crippen molar-refractivity contribution in [2.45, 2.75) is 28.5 Å². The number of fused-ring (bicyclic) bond motifs is 4. The Morgan fingerprint density at radius 2 is 1.44 bits per heavy atom. The third kappa shape index (κ3) is 4.70. The number of hydrogen-bond acceptors (Lipinski definition) is 7. The molecule has 9 nitrogen and oxygen atoms in total. The summed E-state index contributed by atoms with van der Waals surface area (Å²) < 4.78 is 19.1. The molecular weight excluding hydrogens is 710 g/mol. The molecule has 2 saturated heterocycles. The third-order valence-corrected chi connectivity index (χ3v) is 12.3. The molecule has 0 radical (unpaired) electrons. The Morgan fingerprint density at radius 1 is 0.808 bits per heavy atom. The smallest absolute Gasteiger partial charge is 0.258 e. The molecule has 4 aliphatic rings. The molecule has 6 atom stereocenters. The van der Waals surface area contributed by atoms with Gasteiger partial charge in [0, 0.05) is 17.0 Å². The number of hydrogen-bond donors (Lipinski definition) is 1. The highest BCUT2D eigenvalue weighted by Gasteiger charge is 2.76. The molecule has 262 valence electrons. The van der Waals surface area contributed by atoms with E-state index >= 15 is 0 Å². The fourth-order valence-corrected chi connectivity index (χ4v) is 9.37. The molecule has 52 heavy (non-hydrogen) atoms. The standard InChI is InChI=1S/C40H29Cl2FN2O7/c1-52-31-18-9-23(19-30(31)46)33-27-16-17-28-32(29(27)20-39(41)37(50)45(38(51)40(33,39)42)26-14-10-24(43)11-15-26)36(49)44(35(28)48)25-12-7-22(8-13-25)34(47)21-5-3-2-4-6-21/h2-16,18-19,28-29,32-33,46H,17,20H2,1H3/t28-,29+,32-,33-,39+,40-/m0/s1. The Bertz CT molecular complexity index is 2230. The van der Waals surface area contributed by atoms with Crippen LogP contribution in [0.25, 0.3) is 0 Å². The molecule has 12 heteroatoms. The van der Waals surface area contributed by atoms with E-state index in [4.69, 9.17) is 27.9 Å². The number of anilines is 2. The van der Waals surface area contributed by atoms with Gasteiger partial charge >= 0.3 is 0 Å². The number of ether oxygens (including phenoxy) is 1. The number of carbonyl (C=O) groups excluding carboxylic acids is 5. The zero-order valence-electron chi connectivity index (χ0n) is 27.5. The molecular formula is C40H29Cl2FN2O7. The third-order valence-electron chi connectivity index (χ3n) is 10.9. The molecule has 0 spiro atoms. The molecule has 2 heterocycles. The highest BCUT2D eigenvalue weighted by atomic mass is 35.5. The van der Waals surface area contributed by atoms with Gasteiger partial charge in [0.15, 0.2) is 27.0 Å². The predicted molar refractivity (Wildman–Crippen MR) is 190 cm³/mol. The zero-order valence-corrected chi connectivity index (χ0v) is 29.0. The van der Waals surface area contributed by atoms with Crippen LogP contribution in [0.2, 0.25) is 0 Å². The second kappa shape index (κ2) is 12.1. The van der Waals surface area contributed by atoms with Gasteiger partial charge in [0.25, 0.3) is 11.8 Å². The Morgan fingerprint density at radius 3 is 2.10 bits per heavy atom. The van der Waals surface area contributed by atoms with Crippen LogP contribution in [0.1, 0.15) is 40.2 Å². The number of rotatable bonds is 6. The lowest BCUT2D eigenvalue weighted by Crippen LogP contribution is -2.60. The molecule has 2 aliphatic heterocycles. The van der Waals surface area contributed by atoms with Crippen LogP contribution >= 0.6 is 23.2 Å². The number of benzene rings is 4. The van der Waals surface area contributed by atoms with Gasteiger partial charge in [-0.1, -0.05) is 48.0 Å². The zero-order chi connectivity index (χ0) is 36.7. The maximum Gasteiger partial charge on any atom is 0.258 e. The number of nitrogens with zero attached hydrogens (tertiary/aromatic N) is 2. The van der Waals surface area contributed by atoms with Gasteiger partial charge in [-0.2, -0.15) is 0 Å². The molecule has 0 bridgehead atoms. The first kappa shape index (κ1) is 33.8. The van der Waals surface area contributed by atoms with Gasteiger partial charge in [-0.05, 0) is 85.0 Å². The van der Waals surface area contributed by atoms with E-state index in [-0.39, 0.29) is 41.5 Å². The summed E-state index contributed by atoms with van der Waals surface area (Å²) in [4.78, 5) is 68.1. The summed E-state index contributed by atoms with van der Waals surface area (Å²) in [6.07, 6.45) is 1.66. The van der Waals surface area contributed by atoms with Gasteiger partial charge in [-0.3, -0.25) is 28.9 Å². The van der Waals surface area contributed by atoms with Crippen LogP contribution < -0.4 is 14.5 Å². The van der Waals surface area contributed by atoms with Crippen LogP contribution in [0, 0.1) is 23.6 Å². The molecule has 1 N–H and O–H groups in total. The first-order valence-electron chi connectivity index (χ1n) is 16.6. The number of methoxy groups -OCH3 is 1. The predicted octanol–water partition coefficient (Wildman–Crippen LogP) is 6.54. The van der Waals surface area contributed by atoms with Crippen LogP contribution in [0.3, 0.4) is 0 Å². The van der Waals surface area contributed by atoms with Crippen LogP contribution in [0.4, 0.5) is 15.8 Å². The molecule has 8 rings (SSSR count). The van der Waals surface area contributed by atoms with E-state index in [0.717, 1.165) is 21.9 Å². The summed E-state index contributed by atoms with van der Waals surface area (Å²) in [6, 6.07) is 24.2. The van der Waals surface area contributed by atoms with E-state index in [0.29, 0.717) is 22.3 Å². The fraction of sp³-hybridized carbons (Fsp3) is 0.225. The minimum Gasteiger partial charge on any atom is -0.504 e. The van der Waals surface area contributed by atoms with Crippen molar-refractivity contribution in [2.75, 3.05) is 16.9 Å². The summed E-state index contributed by atoms with van der Waals surface area (Å²) in [5, 5.41) is 10.8. The Hall–Kier alpha value is -5.32. The van der Waals surface area contributed by atoms with Crippen molar-refractivity contribution >= 4 is 64.0 Å². The number of imide groups is 2. The maximum absolute atomic E-state index is 14.5. The molecule has 4 amide bonds. The van der Waals surface area contributed by atoms with Crippen molar-refractivity contribution in [1.82, 2.24) is 0 Å². The lowest BCUT2D eigenvalue weighted by molar-refractivity contribution is -0.125. The number of carbonyl (C=O) groups is 5. The van der Waals surface area contributed by atoms with Crippen molar-refractivity contribution < 1.29 is 38.2 Å². The topological polar surface area (TPSA) is 121 Å². The number of alkyl halides is 2. The van der Waals surface area contributed by atoms with Crippen molar-refractivity contribution in [3.63, 3.8) is 0 Å². The lowest BCUT2D eigenvalue weighted by Gasteiger charge is -2.50. The number of phenolic OH excluding ortho intramolecular Hbond substituents is 1. The van der Waals surface area contributed by atoms with E-state index in [1.165, 1.54) is 31.4 Å². The number of phenols is 1. The van der Waals surface area contributed by atoms with Crippen LogP contribution in [-0.2, 0) is 19.2 Å². The summed E-state index contributed by atoms with van der Waals surface area (Å²) in [7, 11) is 1.38. The number of ketones is 1. The van der Waals surface area contributed by atoms with E-state index in [2.05, 4.69) is 0 Å². The van der Waals surface area contributed by atoms with E-state index in [1.807, 2.05) is 0 Å². The Kier molecular flexibility index (Phi) is 7.89. The molecule has 0 unspecified atom stereocenters. The number of allylic oxidation sites excluding steroid dienone is 2. The monoisotopic (exact) mass is 738 g/mol. The van der Waals surface area contributed by atoms with Crippen LogP contribution in [-0.4, -0.2) is 51.4 Å². The van der Waals surface area contributed by atoms with Crippen molar-refractivity contribution in [3.8, 4) is 11.5 Å². The van der Waals surface area contributed by atoms with Crippen molar-refractivity contribution in [2.24, 2.45) is 17.8 Å². The first-order chi connectivity index (χ1) is 24.9. The van der Waals surface area contributed by atoms with E-state index < -0.39 is 62.9 Å². The summed E-state index contributed by atoms with van der Waals surface area (Å²) in [6.45, 7) is 0. The highest BCUT2D eigenvalue weighted by molar-refractivity contribution is 6.58. The quantitative estimate of drug-likeness (QED) is 0.103. The number of aromatic hydroxyl groups is 1. The second-order valence-corrected chi connectivity index (χ2v) is 14.7. The van der Waals surface area contributed by atoms with Crippen molar-refractivity contribution in [1.29, 1.82) is 0 Å². The lowest BCUT2D eigenvalue weighted by atomic mass is 9.56. The summed E-state index contributed by atoms with van der Waals surface area (Å²) in [5.41, 5.74) is 2.09. The molecule has 3 fully saturated rings. The van der Waals surface area contributed by atoms with Gasteiger partial charge < -0.3 is 9.84 Å². The molecule has 4 aromatic rings. The van der Waals surface area contributed by atoms with E-state index in [1.54, 1.807) is 66.7 Å². The normalized spacial score (nSPS) is 28.0. The largest absolute Gasteiger partial charge is 0.504 e. The second-order valence-electron chi connectivity index (χ2n) is 13.4.